The summed E-state index contributed by atoms with van der Waals surface area (Å²) < 4.78 is 11.3. The normalized spacial score (nSPS) is 44.4. The van der Waals surface area contributed by atoms with Gasteiger partial charge in [0.2, 0.25) is 0 Å². The summed E-state index contributed by atoms with van der Waals surface area (Å²) in [6, 6.07) is 0. The van der Waals surface area contributed by atoms with Crippen molar-refractivity contribution in [3.8, 4) is 0 Å². The predicted octanol–water partition coefficient (Wildman–Crippen LogP) is 1.92. The third-order valence-electron chi connectivity index (χ3n) is 4.40. The van der Waals surface area contributed by atoms with Crippen LogP contribution in [0.15, 0.2) is 12.2 Å². The van der Waals surface area contributed by atoms with Gasteiger partial charge in [0, 0.05) is 11.5 Å². The SMILES string of the molecule is C=C(C)C(=O)OC1CCC2C3CC(CO3)C12. The molecule has 0 aromatic heterocycles. The Bertz CT molecular complexity index is 336. The van der Waals surface area contributed by atoms with E-state index in [1.54, 1.807) is 6.92 Å². The predicted molar refractivity (Wildman–Crippen MR) is 58.8 cm³/mol. The quantitative estimate of drug-likeness (QED) is 0.529. The molecule has 3 rings (SSSR count). The minimum Gasteiger partial charge on any atom is -0.459 e. The number of hydrogen-bond acceptors (Lipinski definition) is 3. The Morgan fingerprint density at radius 2 is 2.25 bits per heavy atom. The fourth-order valence-corrected chi connectivity index (χ4v) is 3.73. The number of ether oxygens (including phenoxy) is 2. The number of fused-ring (bicyclic) bond motifs is 5. The zero-order valence-corrected chi connectivity index (χ0v) is 9.65. The monoisotopic (exact) mass is 222 g/mol. The van der Waals surface area contributed by atoms with Crippen molar-refractivity contribution in [1.29, 1.82) is 0 Å². The summed E-state index contributed by atoms with van der Waals surface area (Å²) in [7, 11) is 0. The number of carbonyl (C=O) groups is 1. The van der Waals surface area contributed by atoms with Crippen LogP contribution < -0.4 is 0 Å². The molecule has 1 aliphatic heterocycles. The molecule has 2 saturated carbocycles. The van der Waals surface area contributed by atoms with Crippen LogP contribution in [0, 0.1) is 17.8 Å². The van der Waals surface area contributed by atoms with Gasteiger partial charge in [-0.05, 0) is 38.0 Å². The van der Waals surface area contributed by atoms with E-state index in [9.17, 15) is 4.79 Å². The Morgan fingerprint density at radius 1 is 1.44 bits per heavy atom. The molecule has 5 unspecified atom stereocenters. The molecule has 3 nitrogen and oxygen atoms in total. The highest BCUT2D eigenvalue weighted by Gasteiger charge is 2.55. The zero-order valence-electron chi connectivity index (χ0n) is 9.65. The summed E-state index contributed by atoms with van der Waals surface area (Å²) in [5.41, 5.74) is 0.503. The van der Waals surface area contributed by atoms with Gasteiger partial charge in [0.05, 0.1) is 12.7 Å². The lowest BCUT2D eigenvalue weighted by Crippen LogP contribution is -2.33. The van der Waals surface area contributed by atoms with E-state index in [2.05, 4.69) is 6.58 Å². The van der Waals surface area contributed by atoms with Crippen molar-refractivity contribution in [2.24, 2.45) is 17.8 Å². The molecule has 0 aromatic carbocycles. The summed E-state index contributed by atoms with van der Waals surface area (Å²) in [4.78, 5) is 11.5. The van der Waals surface area contributed by atoms with Crippen molar-refractivity contribution >= 4 is 5.97 Å². The molecule has 0 radical (unpaired) electrons. The van der Waals surface area contributed by atoms with Crippen LogP contribution in [0.1, 0.15) is 26.2 Å². The first-order chi connectivity index (χ1) is 7.66. The highest BCUT2D eigenvalue weighted by atomic mass is 16.5. The Labute approximate surface area is 95.8 Å². The van der Waals surface area contributed by atoms with Gasteiger partial charge in [0.25, 0.3) is 0 Å². The topological polar surface area (TPSA) is 35.5 Å². The van der Waals surface area contributed by atoms with Gasteiger partial charge >= 0.3 is 5.97 Å². The van der Waals surface area contributed by atoms with Gasteiger partial charge in [-0.25, -0.2) is 4.79 Å². The largest absolute Gasteiger partial charge is 0.459 e. The van der Waals surface area contributed by atoms with Crippen LogP contribution in [-0.4, -0.2) is 24.8 Å². The van der Waals surface area contributed by atoms with E-state index in [1.807, 2.05) is 0 Å². The molecule has 3 heteroatoms. The smallest absolute Gasteiger partial charge is 0.333 e. The number of rotatable bonds is 2. The zero-order chi connectivity index (χ0) is 11.3. The Hall–Kier alpha value is -0.830. The van der Waals surface area contributed by atoms with Gasteiger partial charge in [-0.3, -0.25) is 0 Å². The Kier molecular flexibility index (Phi) is 2.32. The molecule has 88 valence electrons. The molecule has 2 aliphatic carbocycles. The number of carbonyl (C=O) groups excluding carboxylic acids is 1. The molecule has 0 amide bonds. The second-order valence-electron chi connectivity index (χ2n) is 5.41. The lowest BCUT2D eigenvalue weighted by atomic mass is 9.89. The summed E-state index contributed by atoms with van der Waals surface area (Å²) in [5, 5.41) is 0. The van der Waals surface area contributed by atoms with Gasteiger partial charge in [-0.1, -0.05) is 6.58 Å². The minimum atomic E-state index is -0.227. The first-order valence-corrected chi connectivity index (χ1v) is 6.15. The van der Waals surface area contributed by atoms with Gasteiger partial charge in [0.15, 0.2) is 0 Å². The van der Waals surface area contributed by atoms with Gasteiger partial charge in [-0.2, -0.15) is 0 Å². The molecule has 1 heterocycles. The molecule has 2 bridgehead atoms. The maximum absolute atomic E-state index is 11.5. The highest BCUT2D eigenvalue weighted by molar-refractivity contribution is 5.87. The van der Waals surface area contributed by atoms with Crippen molar-refractivity contribution in [3.63, 3.8) is 0 Å². The van der Waals surface area contributed by atoms with E-state index in [-0.39, 0.29) is 12.1 Å². The molecule has 0 spiro atoms. The summed E-state index contributed by atoms with van der Waals surface area (Å²) in [5.74, 6) is 1.60. The van der Waals surface area contributed by atoms with E-state index in [4.69, 9.17) is 9.47 Å². The molecule has 0 N–H and O–H groups in total. The third-order valence-corrected chi connectivity index (χ3v) is 4.40. The van der Waals surface area contributed by atoms with Gasteiger partial charge in [0.1, 0.15) is 6.10 Å². The lowest BCUT2D eigenvalue weighted by molar-refractivity contribution is -0.148. The Balaban J connectivity index is 1.70. The molecule has 1 saturated heterocycles. The highest BCUT2D eigenvalue weighted by Crippen LogP contribution is 2.53. The molecule has 5 atom stereocenters. The molecule has 3 fully saturated rings. The van der Waals surface area contributed by atoms with Crippen LogP contribution in [0.5, 0.6) is 0 Å². The maximum atomic E-state index is 11.5. The standard InChI is InChI=1S/C13H18O3/c1-7(2)13(14)16-10-4-3-9-11-5-8(6-15-11)12(9)10/h8-12H,1,3-6H2,2H3. The van der Waals surface area contributed by atoms with E-state index >= 15 is 0 Å². The van der Waals surface area contributed by atoms with Crippen LogP contribution in [-0.2, 0) is 14.3 Å². The molecular weight excluding hydrogens is 204 g/mol. The first kappa shape index (κ1) is 10.3. The van der Waals surface area contributed by atoms with Crippen LogP contribution in [0.3, 0.4) is 0 Å². The second kappa shape index (κ2) is 3.59. The molecule has 0 aromatic rings. The van der Waals surface area contributed by atoms with E-state index in [0.717, 1.165) is 19.4 Å². The Morgan fingerprint density at radius 3 is 3.00 bits per heavy atom. The fourth-order valence-electron chi connectivity index (χ4n) is 3.73. The van der Waals surface area contributed by atoms with Crippen molar-refractivity contribution in [3.05, 3.63) is 12.2 Å². The van der Waals surface area contributed by atoms with Crippen molar-refractivity contribution in [2.45, 2.75) is 38.4 Å². The van der Waals surface area contributed by atoms with Crippen molar-refractivity contribution in [1.82, 2.24) is 0 Å². The molecule has 16 heavy (non-hydrogen) atoms. The fraction of sp³-hybridized carbons (Fsp3) is 0.769. The van der Waals surface area contributed by atoms with Gasteiger partial charge < -0.3 is 9.47 Å². The maximum Gasteiger partial charge on any atom is 0.333 e. The van der Waals surface area contributed by atoms with E-state index in [0.29, 0.717) is 29.4 Å². The van der Waals surface area contributed by atoms with Crippen LogP contribution >= 0.6 is 0 Å². The van der Waals surface area contributed by atoms with Crippen molar-refractivity contribution < 1.29 is 14.3 Å². The molecular formula is C13H18O3. The number of hydrogen-bond donors (Lipinski definition) is 0. The minimum absolute atomic E-state index is 0.119. The first-order valence-electron chi connectivity index (χ1n) is 6.15. The van der Waals surface area contributed by atoms with Gasteiger partial charge in [-0.15, -0.1) is 0 Å². The average molecular weight is 222 g/mol. The van der Waals surface area contributed by atoms with Crippen LogP contribution in [0.2, 0.25) is 0 Å². The van der Waals surface area contributed by atoms with Crippen LogP contribution in [0.4, 0.5) is 0 Å². The van der Waals surface area contributed by atoms with Crippen molar-refractivity contribution in [2.75, 3.05) is 6.61 Å². The average Bonchev–Trinajstić information content (AvgIpc) is 2.88. The number of esters is 1. The lowest BCUT2D eigenvalue weighted by Gasteiger charge is -2.28. The molecule has 3 aliphatic rings. The summed E-state index contributed by atoms with van der Waals surface area (Å²) >= 11 is 0. The second-order valence-corrected chi connectivity index (χ2v) is 5.41. The summed E-state index contributed by atoms with van der Waals surface area (Å²) in [6.45, 7) is 6.21. The van der Waals surface area contributed by atoms with E-state index < -0.39 is 0 Å². The summed E-state index contributed by atoms with van der Waals surface area (Å²) in [6.07, 6.45) is 3.90. The third kappa shape index (κ3) is 1.41. The van der Waals surface area contributed by atoms with E-state index in [1.165, 1.54) is 6.42 Å². The van der Waals surface area contributed by atoms with Crippen LogP contribution in [0.25, 0.3) is 0 Å².